The largest absolute Gasteiger partial charge is 0.454 e. The van der Waals surface area contributed by atoms with Crippen molar-refractivity contribution in [1.82, 2.24) is 4.57 Å². The Kier molecular flexibility index (Phi) is 5.32. The van der Waals surface area contributed by atoms with E-state index < -0.39 is 5.82 Å². The van der Waals surface area contributed by atoms with Gasteiger partial charge in [0.2, 0.25) is 12.7 Å². The molecule has 1 N–H and O–H groups in total. The van der Waals surface area contributed by atoms with Crippen molar-refractivity contribution in [3.63, 3.8) is 0 Å². The normalized spacial score (nSPS) is 15.3. The molecule has 0 saturated heterocycles. The van der Waals surface area contributed by atoms with E-state index in [1.807, 2.05) is 0 Å². The number of fused-ring (bicyclic) bond motifs is 2. The molecule has 33 heavy (non-hydrogen) atoms. The van der Waals surface area contributed by atoms with Crippen LogP contribution in [0.4, 0.5) is 15.8 Å². The number of aromatic nitrogens is 1. The Labute approximate surface area is 192 Å². The monoisotopic (exact) mass is 452 g/mol. The van der Waals surface area contributed by atoms with Crippen LogP contribution in [0.15, 0.2) is 36.4 Å². The highest BCUT2D eigenvalue weighted by Gasteiger charge is 2.36. The second-order valence-electron chi connectivity index (χ2n) is 9.86. The lowest BCUT2D eigenvalue weighted by atomic mass is 9.92. The summed E-state index contributed by atoms with van der Waals surface area (Å²) in [5.74, 6) is 0.502. The number of rotatable bonds is 6. The van der Waals surface area contributed by atoms with Crippen molar-refractivity contribution in [2.45, 2.75) is 52.0 Å². The number of aliphatic hydroxyl groups excluding tert-OH is 1. The predicted octanol–water partition coefficient (Wildman–Crippen LogP) is 5.26. The predicted molar refractivity (Wildman–Crippen MR) is 125 cm³/mol. The van der Waals surface area contributed by atoms with Crippen LogP contribution in [-0.4, -0.2) is 29.0 Å². The van der Waals surface area contributed by atoms with Gasteiger partial charge in [-0.3, -0.25) is 9.69 Å². The van der Waals surface area contributed by atoms with Gasteiger partial charge in [-0.15, -0.1) is 0 Å². The molecular weight excluding hydrogens is 423 g/mol. The van der Waals surface area contributed by atoms with Crippen LogP contribution in [0.1, 0.15) is 45.7 Å². The van der Waals surface area contributed by atoms with Crippen LogP contribution in [-0.2, 0) is 16.8 Å². The van der Waals surface area contributed by atoms with Gasteiger partial charge in [0.15, 0.2) is 11.5 Å². The average Bonchev–Trinajstić information content (AvgIpc) is 3.41. The van der Waals surface area contributed by atoms with Gasteiger partial charge in [-0.05, 0) is 43.5 Å². The highest BCUT2D eigenvalue weighted by atomic mass is 19.1. The maximum atomic E-state index is 15.7. The van der Waals surface area contributed by atoms with Crippen molar-refractivity contribution >= 4 is 28.2 Å². The number of amides is 1. The molecule has 5 rings (SSSR count). The lowest BCUT2D eigenvalue weighted by Crippen LogP contribution is -2.28. The molecule has 7 heteroatoms. The van der Waals surface area contributed by atoms with Gasteiger partial charge in [-0.25, -0.2) is 4.39 Å². The molecule has 0 atom stereocenters. The summed E-state index contributed by atoms with van der Waals surface area (Å²) in [4.78, 5) is 14.8. The van der Waals surface area contributed by atoms with Crippen molar-refractivity contribution in [3.05, 3.63) is 47.9 Å². The van der Waals surface area contributed by atoms with E-state index in [4.69, 9.17) is 9.47 Å². The van der Waals surface area contributed by atoms with Gasteiger partial charge < -0.3 is 19.1 Å². The van der Waals surface area contributed by atoms with Crippen LogP contribution >= 0.6 is 0 Å². The van der Waals surface area contributed by atoms with Crippen LogP contribution in [0.5, 0.6) is 11.5 Å². The molecule has 0 radical (unpaired) electrons. The molecule has 2 aliphatic rings. The molecule has 1 amide bonds. The fourth-order valence-corrected chi connectivity index (χ4v) is 4.46. The first kappa shape index (κ1) is 21.8. The van der Waals surface area contributed by atoms with E-state index in [1.165, 1.54) is 11.0 Å². The molecule has 1 aliphatic carbocycles. The van der Waals surface area contributed by atoms with Crippen LogP contribution in [0, 0.1) is 11.7 Å². The van der Waals surface area contributed by atoms with Gasteiger partial charge in [0.1, 0.15) is 5.82 Å². The van der Waals surface area contributed by atoms with Gasteiger partial charge in [-0.1, -0.05) is 20.8 Å². The van der Waals surface area contributed by atoms with E-state index in [-0.39, 0.29) is 36.3 Å². The Hall–Kier alpha value is -3.06. The van der Waals surface area contributed by atoms with Gasteiger partial charge in [0, 0.05) is 47.7 Å². The lowest BCUT2D eigenvalue weighted by molar-refractivity contribution is -0.119. The highest BCUT2D eigenvalue weighted by molar-refractivity contribution is 6.04. The average molecular weight is 453 g/mol. The van der Waals surface area contributed by atoms with Crippen LogP contribution in [0.3, 0.4) is 0 Å². The molecule has 0 bridgehead atoms. The van der Waals surface area contributed by atoms with Gasteiger partial charge in [0.25, 0.3) is 0 Å². The van der Waals surface area contributed by atoms with Crippen LogP contribution in [0.25, 0.3) is 10.9 Å². The number of carbonyl (C=O) groups excluding carboxylic acids is 1. The Bertz CT molecular complexity index is 1220. The SMILES string of the molecule is CC(C)(C)c1cc2cc(N(C(=O)C3CC3)c3ccc4c(c3)OCO4)c(F)cc2n1CCCO. The molecule has 1 fully saturated rings. The van der Waals surface area contributed by atoms with Crippen LogP contribution < -0.4 is 14.4 Å². The first-order valence-corrected chi connectivity index (χ1v) is 11.5. The second kappa shape index (κ2) is 8.06. The number of carbonyl (C=O) groups is 1. The summed E-state index contributed by atoms with van der Waals surface area (Å²) in [6.45, 7) is 7.14. The molecule has 2 aromatic carbocycles. The fraction of sp³-hybridized carbons (Fsp3) is 0.423. The number of aryl methyl sites for hydroxylation is 1. The highest BCUT2D eigenvalue weighted by Crippen LogP contribution is 2.43. The molecule has 6 nitrogen and oxygen atoms in total. The van der Waals surface area contributed by atoms with Crippen molar-refractivity contribution < 1.29 is 23.8 Å². The molecule has 174 valence electrons. The number of ether oxygens (including phenoxy) is 2. The van der Waals surface area contributed by atoms with E-state index >= 15 is 4.39 Å². The van der Waals surface area contributed by atoms with Gasteiger partial charge in [-0.2, -0.15) is 0 Å². The zero-order valence-electron chi connectivity index (χ0n) is 19.2. The zero-order valence-corrected chi connectivity index (χ0v) is 19.2. The lowest BCUT2D eigenvalue weighted by Gasteiger charge is -2.24. The Morgan fingerprint density at radius 3 is 2.61 bits per heavy atom. The summed E-state index contributed by atoms with van der Waals surface area (Å²) in [6, 6.07) is 10.6. The molecule has 0 spiro atoms. The quantitative estimate of drug-likeness (QED) is 0.554. The van der Waals surface area contributed by atoms with Crippen molar-refractivity contribution in [2.24, 2.45) is 5.92 Å². The van der Waals surface area contributed by atoms with Gasteiger partial charge >= 0.3 is 0 Å². The number of nitrogens with zero attached hydrogens (tertiary/aromatic N) is 2. The Morgan fingerprint density at radius 2 is 1.91 bits per heavy atom. The number of benzene rings is 2. The number of halogens is 1. The van der Waals surface area contributed by atoms with E-state index in [1.54, 1.807) is 24.3 Å². The summed E-state index contributed by atoms with van der Waals surface area (Å²) in [6.07, 6.45) is 2.21. The summed E-state index contributed by atoms with van der Waals surface area (Å²) in [5.41, 5.74) is 2.46. The zero-order chi connectivity index (χ0) is 23.3. The topological polar surface area (TPSA) is 63.9 Å². The molecule has 2 heterocycles. The molecule has 1 aromatic heterocycles. The summed E-state index contributed by atoms with van der Waals surface area (Å²) >= 11 is 0. The van der Waals surface area contributed by atoms with E-state index in [0.717, 1.165) is 29.4 Å². The number of aliphatic hydroxyl groups is 1. The maximum absolute atomic E-state index is 15.7. The number of hydrogen-bond acceptors (Lipinski definition) is 4. The second-order valence-corrected chi connectivity index (χ2v) is 9.86. The van der Waals surface area contributed by atoms with Crippen molar-refractivity contribution in [2.75, 3.05) is 18.3 Å². The third kappa shape index (κ3) is 3.95. The minimum Gasteiger partial charge on any atom is -0.454 e. The molecule has 1 saturated carbocycles. The first-order chi connectivity index (χ1) is 15.8. The van der Waals surface area contributed by atoms with Crippen molar-refractivity contribution in [3.8, 4) is 11.5 Å². The minimum atomic E-state index is -0.460. The first-order valence-electron chi connectivity index (χ1n) is 11.5. The molecular formula is C26H29FN2O4. The van der Waals surface area contributed by atoms with Crippen molar-refractivity contribution in [1.29, 1.82) is 0 Å². The Balaban J connectivity index is 1.65. The number of anilines is 2. The summed E-state index contributed by atoms with van der Waals surface area (Å²) in [7, 11) is 0. The maximum Gasteiger partial charge on any atom is 0.234 e. The summed E-state index contributed by atoms with van der Waals surface area (Å²) < 4.78 is 28.6. The fourth-order valence-electron chi connectivity index (χ4n) is 4.46. The molecule has 1 aliphatic heterocycles. The van der Waals surface area contributed by atoms with E-state index in [2.05, 4.69) is 31.4 Å². The Morgan fingerprint density at radius 1 is 1.15 bits per heavy atom. The molecule has 0 unspecified atom stereocenters. The standard InChI is InChI=1S/C26H29FN2O4/c1-26(2,3)24-12-17-11-21(19(27)14-20(17)28(24)9-4-10-30)29(25(31)16-5-6-16)18-7-8-22-23(13-18)33-15-32-22/h7-8,11-14,16,30H,4-6,9-10,15H2,1-3H3. The third-order valence-corrected chi connectivity index (χ3v) is 6.28. The van der Waals surface area contributed by atoms with Crippen LogP contribution in [0.2, 0.25) is 0 Å². The number of hydrogen-bond donors (Lipinski definition) is 1. The van der Waals surface area contributed by atoms with E-state index in [9.17, 15) is 9.90 Å². The smallest absolute Gasteiger partial charge is 0.234 e. The van der Waals surface area contributed by atoms with E-state index in [0.29, 0.717) is 30.2 Å². The summed E-state index contributed by atoms with van der Waals surface area (Å²) in [5, 5.41) is 10.2. The van der Waals surface area contributed by atoms with Gasteiger partial charge in [0.05, 0.1) is 16.9 Å². The third-order valence-electron chi connectivity index (χ3n) is 6.28. The molecule has 3 aromatic rings. The minimum absolute atomic E-state index is 0.0671.